The van der Waals surface area contributed by atoms with Crippen molar-refractivity contribution in [3.05, 3.63) is 35.9 Å². The van der Waals surface area contributed by atoms with Crippen molar-refractivity contribution in [2.45, 2.75) is 26.2 Å². The summed E-state index contributed by atoms with van der Waals surface area (Å²) in [4.78, 5) is 10.4. The molecule has 92 valence electrons. The minimum atomic E-state index is -0.945. The molecule has 1 aromatic rings. The van der Waals surface area contributed by atoms with Crippen LogP contribution in [0.4, 0.5) is 0 Å². The minimum absolute atomic E-state index is 0.708. The van der Waals surface area contributed by atoms with E-state index in [1.165, 1.54) is 12.8 Å². The molecule has 0 saturated carbocycles. The molecule has 0 spiro atoms. The maximum absolute atomic E-state index is 10.4. The first-order valence-corrected chi connectivity index (χ1v) is 5.86. The summed E-state index contributed by atoms with van der Waals surface area (Å²) < 4.78 is 5.57. The van der Waals surface area contributed by atoms with Crippen LogP contribution in [-0.4, -0.2) is 17.7 Å². The number of carbonyl (C=O) groups is 1. The number of aliphatic carboxylic acids is 1. The van der Waals surface area contributed by atoms with Gasteiger partial charge in [-0.15, -0.1) is 0 Å². The van der Waals surface area contributed by atoms with Crippen LogP contribution in [0, 0.1) is 0 Å². The topological polar surface area (TPSA) is 46.5 Å². The second-order valence-electron chi connectivity index (χ2n) is 3.80. The predicted octanol–water partition coefficient (Wildman–Crippen LogP) is 3.35. The average molecular weight is 234 g/mol. The van der Waals surface area contributed by atoms with Crippen LogP contribution in [-0.2, 0) is 4.79 Å². The molecule has 0 heterocycles. The lowest BCUT2D eigenvalue weighted by atomic mass is 10.2. The van der Waals surface area contributed by atoms with E-state index in [1.807, 2.05) is 24.3 Å². The molecule has 1 aromatic carbocycles. The van der Waals surface area contributed by atoms with Crippen molar-refractivity contribution in [3.8, 4) is 5.75 Å². The zero-order valence-electron chi connectivity index (χ0n) is 10.1. The molecule has 0 saturated heterocycles. The van der Waals surface area contributed by atoms with Crippen molar-refractivity contribution in [1.29, 1.82) is 0 Å². The minimum Gasteiger partial charge on any atom is -0.494 e. The van der Waals surface area contributed by atoms with Gasteiger partial charge in [-0.05, 0) is 30.2 Å². The first-order chi connectivity index (χ1) is 8.22. The van der Waals surface area contributed by atoms with Gasteiger partial charge in [-0.25, -0.2) is 4.79 Å². The summed E-state index contributed by atoms with van der Waals surface area (Å²) in [7, 11) is 0. The number of rotatable bonds is 7. The number of unbranched alkanes of at least 4 members (excludes halogenated alkanes) is 2. The first-order valence-electron chi connectivity index (χ1n) is 5.86. The SMILES string of the molecule is CCCCCOc1cccc(C=CC(=O)O)c1. The van der Waals surface area contributed by atoms with Crippen molar-refractivity contribution >= 4 is 12.0 Å². The van der Waals surface area contributed by atoms with Gasteiger partial charge in [0, 0.05) is 6.08 Å². The molecule has 0 amide bonds. The summed E-state index contributed by atoms with van der Waals surface area (Å²) in [5.41, 5.74) is 0.834. The third-order valence-corrected chi connectivity index (χ3v) is 2.29. The van der Waals surface area contributed by atoms with E-state index in [0.717, 1.165) is 23.8 Å². The standard InChI is InChI=1S/C14H18O3/c1-2-3-4-10-17-13-7-5-6-12(11-13)8-9-14(15)16/h5-9,11H,2-4,10H2,1H3,(H,15,16). The van der Waals surface area contributed by atoms with Crippen LogP contribution in [0.1, 0.15) is 31.7 Å². The van der Waals surface area contributed by atoms with Crippen LogP contribution in [0.5, 0.6) is 5.75 Å². The molecule has 0 aromatic heterocycles. The van der Waals surface area contributed by atoms with Crippen LogP contribution >= 0.6 is 0 Å². The van der Waals surface area contributed by atoms with E-state index in [0.29, 0.717) is 6.61 Å². The van der Waals surface area contributed by atoms with Gasteiger partial charge in [0.2, 0.25) is 0 Å². The van der Waals surface area contributed by atoms with Gasteiger partial charge in [0.25, 0.3) is 0 Å². The summed E-state index contributed by atoms with van der Waals surface area (Å²) >= 11 is 0. The van der Waals surface area contributed by atoms with Crippen LogP contribution in [0.2, 0.25) is 0 Å². The molecule has 1 rings (SSSR count). The number of carboxylic acid groups (broad SMARTS) is 1. The van der Waals surface area contributed by atoms with E-state index >= 15 is 0 Å². The fourth-order valence-electron chi connectivity index (χ4n) is 1.42. The number of hydrogen-bond acceptors (Lipinski definition) is 2. The number of hydrogen-bond donors (Lipinski definition) is 1. The van der Waals surface area contributed by atoms with Gasteiger partial charge in [-0.3, -0.25) is 0 Å². The second-order valence-corrected chi connectivity index (χ2v) is 3.80. The van der Waals surface area contributed by atoms with Crippen LogP contribution in [0.3, 0.4) is 0 Å². The van der Waals surface area contributed by atoms with E-state index in [4.69, 9.17) is 9.84 Å². The highest BCUT2D eigenvalue weighted by molar-refractivity contribution is 5.85. The molecule has 17 heavy (non-hydrogen) atoms. The lowest BCUT2D eigenvalue weighted by molar-refractivity contribution is -0.131. The molecule has 0 bridgehead atoms. The average Bonchev–Trinajstić information content (AvgIpc) is 2.33. The Morgan fingerprint density at radius 1 is 1.41 bits per heavy atom. The Balaban J connectivity index is 2.50. The molecular formula is C14H18O3. The second kappa shape index (κ2) is 7.49. The molecular weight excluding hydrogens is 216 g/mol. The largest absolute Gasteiger partial charge is 0.494 e. The Kier molecular flexibility index (Phi) is 5.86. The lowest BCUT2D eigenvalue weighted by Gasteiger charge is -2.06. The number of benzene rings is 1. The number of ether oxygens (including phenoxy) is 1. The summed E-state index contributed by atoms with van der Waals surface area (Å²) in [6.07, 6.45) is 6.06. The fraction of sp³-hybridized carbons (Fsp3) is 0.357. The Morgan fingerprint density at radius 3 is 2.94 bits per heavy atom. The van der Waals surface area contributed by atoms with Gasteiger partial charge in [-0.2, -0.15) is 0 Å². The Labute approximate surface area is 102 Å². The van der Waals surface area contributed by atoms with Crippen molar-refractivity contribution in [3.63, 3.8) is 0 Å². The highest BCUT2D eigenvalue weighted by Gasteiger charge is 1.95. The third kappa shape index (κ3) is 5.76. The molecule has 0 fully saturated rings. The van der Waals surface area contributed by atoms with Crippen LogP contribution < -0.4 is 4.74 Å². The molecule has 0 atom stereocenters. The summed E-state index contributed by atoms with van der Waals surface area (Å²) in [6, 6.07) is 7.42. The van der Waals surface area contributed by atoms with Crippen molar-refractivity contribution in [2.75, 3.05) is 6.61 Å². The van der Waals surface area contributed by atoms with E-state index in [-0.39, 0.29) is 0 Å². The zero-order valence-corrected chi connectivity index (χ0v) is 10.1. The molecule has 0 unspecified atom stereocenters. The van der Waals surface area contributed by atoms with Gasteiger partial charge in [-0.1, -0.05) is 31.9 Å². The Morgan fingerprint density at radius 2 is 2.24 bits per heavy atom. The van der Waals surface area contributed by atoms with Crippen LogP contribution in [0.15, 0.2) is 30.3 Å². The van der Waals surface area contributed by atoms with Crippen molar-refractivity contribution in [1.82, 2.24) is 0 Å². The highest BCUT2D eigenvalue weighted by atomic mass is 16.5. The summed E-state index contributed by atoms with van der Waals surface area (Å²) in [5, 5.41) is 8.53. The van der Waals surface area contributed by atoms with E-state index in [2.05, 4.69) is 6.92 Å². The van der Waals surface area contributed by atoms with Gasteiger partial charge in [0.1, 0.15) is 5.75 Å². The maximum atomic E-state index is 10.4. The smallest absolute Gasteiger partial charge is 0.328 e. The molecule has 0 aliphatic heterocycles. The molecule has 1 N–H and O–H groups in total. The maximum Gasteiger partial charge on any atom is 0.328 e. The summed E-state index contributed by atoms with van der Waals surface area (Å²) in [6.45, 7) is 2.86. The normalized spacial score (nSPS) is 10.6. The number of carboxylic acids is 1. The Hall–Kier alpha value is -1.77. The van der Waals surface area contributed by atoms with E-state index < -0.39 is 5.97 Å². The summed E-state index contributed by atoms with van der Waals surface area (Å²) in [5.74, 6) is -0.159. The highest BCUT2D eigenvalue weighted by Crippen LogP contribution is 2.15. The first kappa shape index (κ1) is 13.3. The molecule has 3 nitrogen and oxygen atoms in total. The fourth-order valence-corrected chi connectivity index (χ4v) is 1.42. The molecule has 0 aliphatic rings. The van der Waals surface area contributed by atoms with Gasteiger partial charge >= 0.3 is 5.97 Å². The van der Waals surface area contributed by atoms with Gasteiger partial charge in [0.15, 0.2) is 0 Å². The van der Waals surface area contributed by atoms with Gasteiger partial charge in [0.05, 0.1) is 6.61 Å². The molecule has 0 radical (unpaired) electrons. The Bertz CT molecular complexity index is 383. The van der Waals surface area contributed by atoms with Crippen LogP contribution in [0.25, 0.3) is 6.08 Å². The van der Waals surface area contributed by atoms with E-state index in [9.17, 15) is 4.79 Å². The molecule has 0 aliphatic carbocycles. The third-order valence-electron chi connectivity index (χ3n) is 2.29. The van der Waals surface area contributed by atoms with Crippen molar-refractivity contribution in [2.24, 2.45) is 0 Å². The van der Waals surface area contributed by atoms with Crippen molar-refractivity contribution < 1.29 is 14.6 Å². The lowest BCUT2D eigenvalue weighted by Crippen LogP contribution is -1.96. The van der Waals surface area contributed by atoms with Gasteiger partial charge < -0.3 is 9.84 Å². The monoisotopic (exact) mass is 234 g/mol. The van der Waals surface area contributed by atoms with E-state index in [1.54, 1.807) is 6.08 Å². The zero-order chi connectivity index (χ0) is 12.5. The molecule has 3 heteroatoms. The predicted molar refractivity (Wildman–Crippen MR) is 68.1 cm³/mol. The quantitative estimate of drug-likeness (QED) is 0.581.